The Morgan fingerprint density at radius 2 is 1.96 bits per heavy atom. The molecule has 0 aromatic heterocycles. The zero-order valence-corrected chi connectivity index (χ0v) is 14.9. The van der Waals surface area contributed by atoms with Gasteiger partial charge in [0.15, 0.2) is 0 Å². The first-order valence-electron chi connectivity index (χ1n) is 8.18. The SMILES string of the molecule is Cc1c(C(=O)N/N=C\c2ccc(OCC(C)C)cc2)cccc1[N+](=O)[O-]. The van der Waals surface area contributed by atoms with Gasteiger partial charge in [-0.15, -0.1) is 0 Å². The van der Waals surface area contributed by atoms with Crippen molar-refractivity contribution in [1.82, 2.24) is 5.43 Å². The number of hydrogen-bond donors (Lipinski definition) is 1. The van der Waals surface area contributed by atoms with Crippen molar-refractivity contribution in [3.05, 3.63) is 69.3 Å². The van der Waals surface area contributed by atoms with Crippen LogP contribution in [0.2, 0.25) is 0 Å². The van der Waals surface area contributed by atoms with Crippen LogP contribution in [0.4, 0.5) is 5.69 Å². The fourth-order valence-corrected chi connectivity index (χ4v) is 2.21. The molecule has 0 aliphatic carbocycles. The fourth-order valence-electron chi connectivity index (χ4n) is 2.21. The molecule has 0 aliphatic rings. The lowest BCUT2D eigenvalue weighted by atomic mass is 10.1. The highest BCUT2D eigenvalue weighted by molar-refractivity contribution is 5.97. The maximum atomic E-state index is 12.2. The third kappa shape index (κ3) is 5.14. The molecule has 0 saturated carbocycles. The summed E-state index contributed by atoms with van der Waals surface area (Å²) in [4.78, 5) is 22.6. The van der Waals surface area contributed by atoms with Crippen LogP contribution >= 0.6 is 0 Å². The van der Waals surface area contributed by atoms with Crippen LogP contribution in [-0.2, 0) is 0 Å². The van der Waals surface area contributed by atoms with Crippen molar-refractivity contribution in [3.8, 4) is 5.75 Å². The Hall–Kier alpha value is -3.22. The highest BCUT2D eigenvalue weighted by atomic mass is 16.6. The third-order valence-corrected chi connectivity index (χ3v) is 3.59. The molecule has 0 atom stereocenters. The molecular weight excluding hydrogens is 334 g/mol. The van der Waals surface area contributed by atoms with Gasteiger partial charge in [0.1, 0.15) is 5.75 Å². The number of nitro benzene ring substituents is 1. The standard InChI is InChI=1S/C19H21N3O4/c1-13(2)12-26-16-9-7-15(8-10-16)11-20-21-19(23)17-5-4-6-18(14(17)3)22(24)25/h4-11,13H,12H2,1-3H3,(H,21,23)/b20-11-. The van der Waals surface area contributed by atoms with E-state index in [-0.39, 0.29) is 11.3 Å². The lowest BCUT2D eigenvalue weighted by Gasteiger charge is -2.08. The van der Waals surface area contributed by atoms with Gasteiger partial charge in [-0.25, -0.2) is 5.43 Å². The molecule has 1 amide bonds. The molecule has 0 bridgehead atoms. The monoisotopic (exact) mass is 355 g/mol. The molecule has 136 valence electrons. The first-order valence-corrected chi connectivity index (χ1v) is 8.18. The van der Waals surface area contributed by atoms with E-state index in [1.807, 2.05) is 24.3 Å². The first-order chi connectivity index (χ1) is 12.4. The molecule has 2 aromatic rings. The van der Waals surface area contributed by atoms with Gasteiger partial charge in [0, 0.05) is 11.6 Å². The van der Waals surface area contributed by atoms with Crippen molar-refractivity contribution >= 4 is 17.8 Å². The highest BCUT2D eigenvalue weighted by Gasteiger charge is 2.17. The number of benzene rings is 2. The number of carbonyl (C=O) groups is 1. The van der Waals surface area contributed by atoms with Crippen molar-refractivity contribution in [3.63, 3.8) is 0 Å². The largest absolute Gasteiger partial charge is 0.493 e. The molecule has 0 heterocycles. The lowest BCUT2D eigenvalue weighted by Crippen LogP contribution is -2.19. The van der Waals surface area contributed by atoms with E-state index in [9.17, 15) is 14.9 Å². The number of rotatable bonds is 7. The van der Waals surface area contributed by atoms with Gasteiger partial charge >= 0.3 is 0 Å². The molecule has 0 saturated heterocycles. The van der Waals surface area contributed by atoms with Crippen LogP contribution < -0.4 is 10.2 Å². The lowest BCUT2D eigenvalue weighted by molar-refractivity contribution is -0.385. The second-order valence-electron chi connectivity index (χ2n) is 6.18. The van der Waals surface area contributed by atoms with E-state index in [4.69, 9.17) is 4.74 Å². The summed E-state index contributed by atoms with van der Waals surface area (Å²) in [6, 6.07) is 11.7. The van der Waals surface area contributed by atoms with E-state index in [1.54, 1.807) is 0 Å². The molecule has 0 aliphatic heterocycles. The molecule has 0 unspecified atom stereocenters. The number of ether oxygens (including phenoxy) is 1. The van der Waals surface area contributed by atoms with E-state index in [0.717, 1.165) is 11.3 Å². The number of carbonyl (C=O) groups excluding carboxylic acids is 1. The number of nitro groups is 1. The fraction of sp³-hybridized carbons (Fsp3) is 0.263. The van der Waals surface area contributed by atoms with Crippen molar-refractivity contribution in [1.29, 1.82) is 0 Å². The maximum Gasteiger partial charge on any atom is 0.273 e. The molecule has 0 radical (unpaired) electrons. The number of nitrogens with zero attached hydrogens (tertiary/aromatic N) is 2. The number of nitrogens with one attached hydrogen (secondary N) is 1. The molecule has 7 heteroatoms. The third-order valence-electron chi connectivity index (χ3n) is 3.59. The normalized spacial score (nSPS) is 10.9. The van der Waals surface area contributed by atoms with Gasteiger partial charge < -0.3 is 4.74 Å². The van der Waals surface area contributed by atoms with Crippen molar-refractivity contribution in [2.24, 2.45) is 11.0 Å². The minimum Gasteiger partial charge on any atom is -0.493 e. The zero-order chi connectivity index (χ0) is 19.1. The summed E-state index contributed by atoms with van der Waals surface area (Å²) in [5.74, 6) is 0.718. The molecule has 2 rings (SSSR count). The molecule has 1 N–H and O–H groups in total. The smallest absolute Gasteiger partial charge is 0.273 e. The van der Waals surface area contributed by atoms with Gasteiger partial charge in [-0.3, -0.25) is 14.9 Å². The van der Waals surface area contributed by atoms with Crippen LogP contribution in [0.1, 0.15) is 35.3 Å². The Kier molecular flexibility index (Phi) is 6.43. The first kappa shape index (κ1) is 19.1. The quantitative estimate of drug-likeness (QED) is 0.465. The Balaban J connectivity index is 1.99. The minimum absolute atomic E-state index is 0.0985. The Labute approximate surface area is 151 Å². The summed E-state index contributed by atoms with van der Waals surface area (Å²) in [6.07, 6.45) is 1.50. The molecular formula is C19H21N3O4. The maximum absolute atomic E-state index is 12.2. The number of hydrogen-bond acceptors (Lipinski definition) is 5. The van der Waals surface area contributed by atoms with Gasteiger partial charge in [0.25, 0.3) is 11.6 Å². The van der Waals surface area contributed by atoms with Crippen LogP contribution in [0.15, 0.2) is 47.6 Å². The summed E-state index contributed by atoms with van der Waals surface area (Å²) in [7, 11) is 0. The van der Waals surface area contributed by atoms with Crippen molar-refractivity contribution in [2.75, 3.05) is 6.61 Å². The van der Waals surface area contributed by atoms with Crippen LogP contribution in [0, 0.1) is 23.0 Å². The van der Waals surface area contributed by atoms with E-state index >= 15 is 0 Å². The molecule has 0 spiro atoms. The summed E-state index contributed by atoms with van der Waals surface area (Å²) in [6.45, 7) is 6.33. The van der Waals surface area contributed by atoms with Gasteiger partial charge in [-0.1, -0.05) is 19.9 Å². The van der Waals surface area contributed by atoms with E-state index in [2.05, 4.69) is 24.4 Å². The second kappa shape index (κ2) is 8.75. The van der Waals surface area contributed by atoms with Crippen molar-refractivity contribution in [2.45, 2.75) is 20.8 Å². The average Bonchev–Trinajstić information content (AvgIpc) is 2.60. The van der Waals surface area contributed by atoms with E-state index in [1.165, 1.54) is 31.3 Å². The predicted octanol–water partition coefficient (Wildman–Crippen LogP) is 3.70. The topological polar surface area (TPSA) is 93.8 Å². The molecule has 0 fully saturated rings. The number of amides is 1. The minimum atomic E-state index is -0.516. The molecule has 7 nitrogen and oxygen atoms in total. The Morgan fingerprint density at radius 1 is 1.27 bits per heavy atom. The zero-order valence-electron chi connectivity index (χ0n) is 14.9. The molecule has 2 aromatic carbocycles. The summed E-state index contributed by atoms with van der Waals surface area (Å²) < 4.78 is 5.60. The number of hydrazone groups is 1. The van der Waals surface area contributed by atoms with Gasteiger partial charge in [-0.05, 0) is 48.7 Å². The van der Waals surface area contributed by atoms with Crippen LogP contribution in [0.3, 0.4) is 0 Å². The Bertz CT molecular complexity index is 814. The van der Waals surface area contributed by atoms with Crippen LogP contribution in [0.25, 0.3) is 0 Å². The van der Waals surface area contributed by atoms with Gasteiger partial charge in [-0.2, -0.15) is 5.10 Å². The summed E-state index contributed by atoms with van der Waals surface area (Å²) in [5, 5.41) is 14.8. The van der Waals surface area contributed by atoms with Crippen molar-refractivity contribution < 1.29 is 14.5 Å². The van der Waals surface area contributed by atoms with E-state index in [0.29, 0.717) is 18.1 Å². The molecule has 26 heavy (non-hydrogen) atoms. The van der Waals surface area contributed by atoms with E-state index < -0.39 is 10.8 Å². The Morgan fingerprint density at radius 3 is 2.58 bits per heavy atom. The van der Waals surface area contributed by atoms with Gasteiger partial charge in [0.05, 0.1) is 23.3 Å². The van der Waals surface area contributed by atoms with Gasteiger partial charge in [0.2, 0.25) is 0 Å². The summed E-state index contributed by atoms with van der Waals surface area (Å²) >= 11 is 0. The predicted molar refractivity (Wildman–Crippen MR) is 99.7 cm³/mol. The second-order valence-corrected chi connectivity index (χ2v) is 6.18. The highest BCUT2D eigenvalue weighted by Crippen LogP contribution is 2.20. The average molecular weight is 355 g/mol. The van der Waals surface area contributed by atoms with Crippen LogP contribution in [0.5, 0.6) is 5.75 Å². The summed E-state index contributed by atoms with van der Waals surface area (Å²) in [5.41, 5.74) is 3.60. The van der Waals surface area contributed by atoms with Crippen LogP contribution in [-0.4, -0.2) is 23.7 Å².